The van der Waals surface area contributed by atoms with Crippen LogP contribution in [-0.4, -0.2) is 33.0 Å². The van der Waals surface area contributed by atoms with Gasteiger partial charge in [-0.25, -0.2) is 13.8 Å². The summed E-state index contributed by atoms with van der Waals surface area (Å²) in [5.74, 6) is 2.58. The number of halogens is 2. The molecule has 1 saturated heterocycles. The van der Waals surface area contributed by atoms with Gasteiger partial charge in [-0.3, -0.25) is 4.68 Å². The second-order valence-corrected chi connectivity index (χ2v) is 11.3. The van der Waals surface area contributed by atoms with Gasteiger partial charge in [-0.05, 0) is 66.9 Å². The summed E-state index contributed by atoms with van der Waals surface area (Å²) >= 11 is 0. The highest BCUT2D eigenvalue weighted by atomic mass is 19.1. The smallest absolute Gasteiger partial charge is 0.175 e. The molecule has 3 atom stereocenters. The molecule has 0 radical (unpaired) electrons. The SMILES string of the molecule is C#Cc1c(F)ccc2cc(O)cc(-c3nc(Cc4ccccc4)c4c(C5[C@H]6CNC[C@@H]56)nn(C5CC5)c4c3F)c12. The lowest BCUT2D eigenvalue weighted by Gasteiger charge is -2.15. The molecule has 2 aromatic heterocycles. The molecule has 7 heteroatoms. The van der Waals surface area contributed by atoms with E-state index in [0.717, 1.165) is 48.3 Å². The lowest BCUT2D eigenvalue weighted by Crippen LogP contribution is -2.14. The first-order valence-corrected chi connectivity index (χ1v) is 13.8. The highest BCUT2D eigenvalue weighted by Crippen LogP contribution is 2.58. The summed E-state index contributed by atoms with van der Waals surface area (Å²) in [4.78, 5) is 4.97. The van der Waals surface area contributed by atoms with Crippen LogP contribution in [0.25, 0.3) is 32.9 Å². The van der Waals surface area contributed by atoms with Gasteiger partial charge in [-0.2, -0.15) is 5.10 Å². The minimum Gasteiger partial charge on any atom is -0.508 e. The molecule has 2 N–H and O–H groups in total. The zero-order valence-electron chi connectivity index (χ0n) is 21.7. The molecule has 2 saturated carbocycles. The van der Waals surface area contributed by atoms with Gasteiger partial charge in [-0.1, -0.05) is 42.3 Å². The van der Waals surface area contributed by atoms with Crippen molar-refractivity contribution in [3.05, 3.63) is 88.7 Å². The summed E-state index contributed by atoms with van der Waals surface area (Å²) < 4.78 is 33.7. The third-order valence-electron chi connectivity index (χ3n) is 8.85. The van der Waals surface area contributed by atoms with Gasteiger partial charge in [0.2, 0.25) is 0 Å². The van der Waals surface area contributed by atoms with E-state index in [4.69, 9.17) is 16.5 Å². The number of aromatic hydroxyl groups is 1. The first-order valence-electron chi connectivity index (χ1n) is 13.8. The van der Waals surface area contributed by atoms with Gasteiger partial charge in [0.25, 0.3) is 0 Å². The Kier molecular flexibility index (Phi) is 5.08. The van der Waals surface area contributed by atoms with Crippen LogP contribution < -0.4 is 5.32 Å². The summed E-state index contributed by atoms with van der Waals surface area (Å²) in [5.41, 5.74) is 3.51. The number of hydrogen-bond acceptors (Lipinski definition) is 4. The number of fused-ring (bicyclic) bond motifs is 3. The number of phenolic OH excluding ortho intramolecular Hbond substituents is 1. The number of nitrogens with zero attached hydrogens (tertiary/aromatic N) is 3. The summed E-state index contributed by atoms with van der Waals surface area (Å²) in [6.45, 7) is 1.90. The molecule has 8 rings (SSSR count). The third kappa shape index (κ3) is 3.49. The molecule has 3 aliphatic rings. The molecule has 0 bridgehead atoms. The quantitative estimate of drug-likeness (QED) is 0.270. The van der Waals surface area contributed by atoms with Crippen LogP contribution in [0.5, 0.6) is 5.75 Å². The molecule has 0 amide bonds. The molecule has 198 valence electrons. The van der Waals surface area contributed by atoms with Crippen molar-refractivity contribution in [1.29, 1.82) is 0 Å². The van der Waals surface area contributed by atoms with Crippen LogP contribution in [0.15, 0.2) is 54.6 Å². The molecule has 1 aliphatic heterocycles. The number of pyridine rings is 1. The standard InChI is InChI=1S/C33H26F2N4O/c1-2-21-25(34)11-8-18-13-20(40)14-22(27(18)21)31-30(35)33-29(26(37-31)12-17-6-4-3-5-7-17)32(38-39(33)19-9-10-19)28-23-15-36-16-24(23)28/h1,3-8,11,13-14,19,23-24,28,36,40H,9-10,12,15-16H2/t23-,24+,28?. The zero-order chi connectivity index (χ0) is 27.1. The maximum Gasteiger partial charge on any atom is 0.175 e. The second-order valence-electron chi connectivity index (χ2n) is 11.3. The Morgan fingerprint density at radius 2 is 1.80 bits per heavy atom. The van der Waals surface area contributed by atoms with Crippen LogP contribution in [0.4, 0.5) is 8.78 Å². The number of nitrogens with one attached hydrogen (secondary N) is 1. The van der Waals surface area contributed by atoms with Crippen LogP contribution in [0.1, 0.15) is 47.3 Å². The molecule has 1 unspecified atom stereocenters. The molecule has 5 aromatic rings. The fourth-order valence-corrected chi connectivity index (χ4v) is 6.79. The van der Waals surface area contributed by atoms with Crippen molar-refractivity contribution in [2.75, 3.05) is 13.1 Å². The first kappa shape index (κ1) is 23.6. The number of phenols is 1. The Labute approximate surface area is 229 Å². The predicted molar refractivity (Wildman–Crippen MR) is 150 cm³/mol. The van der Waals surface area contributed by atoms with Crippen molar-refractivity contribution < 1.29 is 13.9 Å². The number of aromatic nitrogens is 3. The highest BCUT2D eigenvalue weighted by molar-refractivity contribution is 6.03. The Morgan fingerprint density at radius 3 is 2.52 bits per heavy atom. The Bertz CT molecular complexity index is 1880. The predicted octanol–water partition coefficient (Wildman–Crippen LogP) is 6.08. The van der Waals surface area contributed by atoms with Crippen molar-refractivity contribution in [1.82, 2.24) is 20.1 Å². The average molecular weight is 533 g/mol. The normalized spacial score (nSPS) is 21.6. The number of terminal acetylenes is 1. The lowest BCUT2D eigenvalue weighted by atomic mass is 9.94. The van der Waals surface area contributed by atoms with Crippen molar-refractivity contribution in [3.63, 3.8) is 0 Å². The van der Waals surface area contributed by atoms with Gasteiger partial charge in [0.1, 0.15) is 22.8 Å². The van der Waals surface area contributed by atoms with Gasteiger partial charge >= 0.3 is 0 Å². The Morgan fingerprint density at radius 1 is 1.02 bits per heavy atom. The summed E-state index contributed by atoms with van der Waals surface area (Å²) in [6.07, 6.45) is 8.12. The van der Waals surface area contributed by atoms with Gasteiger partial charge in [0.15, 0.2) is 5.82 Å². The second kappa shape index (κ2) is 8.61. The van der Waals surface area contributed by atoms with E-state index < -0.39 is 11.6 Å². The maximum absolute atomic E-state index is 16.9. The van der Waals surface area contributed by atoms with E-state index in [2.05, 4.69) is 11.2 Å². The Balaban J connectivity index is 1.45. The monoisotopic (exact) mass is 532 g/mol. The Hall–Kier alpha value is -4.28. The van der Waals surface area contributed by atoms with E-state index >= 15 is 4.39 Å². The summed E-state index contributed by atoms with van der Waals surface area (Å²) in [6, 6.07) is 15.9. The number of piperidine rings is 1. The van der Waals surface area contributed by atoms with Gasteiger partial charge in [0, 0.05) is 28.7 Å². The van der Waals surface area contributed by atoms with E-state index in [1.165, 1.54) is 18.2 Å². The average Bonchev–Trinajstić information content (AvgIpc) is 3.83. The molecule has 2 aliphatic carbocycles. The number of rotatable bonds is 5. The van der Waals surface area contributed by atoms with Crippen molar-refractivity contribution >= 4 is 21.7 Å². The zero-order valence-corrected chi connectivity index (χ0v) is 21.7. The molecule has 3 fully saturated rings. The number of benzene rings is 3. The fourth-order valence-electron chi connectivity index (χ4n) is 6.79. The molecule has 3 aromatic carbocycles. The summed E-state index contributed by atoms with van der Waals surface area (Å²) in [5, 5.41) is 20.8. The van der Waals surface area contributed by atoms with Gasteiger partial charge in [-0.15, -0.1) is 6.42 Å². The first-order chi connectivity index (χ1) is 19.5. The number of hydrogen-bond donors (Lipinski definition) is 2. The lowest BCUT2D eigenvalue weighted by molar-refractivity contribution is 0.476. The molecule has 0 spiro atoms. The van der Waals surface area contributed by atoms with E-state index in [9.17, 15) is 9.50 Å². The van der Waals surface area contributed by atoms with E-state index in [0.29, 0.717) is 34.5 Å². The fraction of sp³-hybridized carbons (Fsp3) is 0.273. The topological polar surface area (TPSA) is 63.0 Å². The minimum absolute atomic E-state index is 0.0214. The molecular formula is C33H26F2N4O. The summed E-state index contributed by atoms with van der Waals surface area (Å²) in [7, 11) is 0. The molecule has 5 nitrogen and oxygen atoms in total. The third-order valence-corrected chi connectivity index (χ3v) is 8.85. The van der Waals surface area contributed by atoms with Crippen LogP contribution in [0, 0.1) is 35.8 Å². The van der Waals surface area contributed by atoms with Crippen LogP contribution >= 0.6 is 0 Å². The molecule has 40 heavy (non-hydrogen) atoms. The largest absolute Gasteiger partial charge is 0.508 e. The van der Waals surface area contributed by atoms with E-state index in [1.54, 1.807) is 6.07 Å². The maximum atomic E-state index is 16.9. The van der Waals surface area contributed by atoms with Crippen molar-refractivity contribution in [3.8, 4) is 29.4 Å². The van der Waals surface area contributed by atoms with Crippen molar-refractivity contribution in [2.24, 2.45) is 11.8 Å². The minimum atomic E-state index is -0.577. The van der Waals surface area contributed by atoms with Crippen LogP contribution in [0.2, 0.25) is 0 Å². The van der Waals surface area contributed by atoms with Gasteiger partial charge in [0.05, 0.1) is 23.0 Å². The van der Waals surface area contributed by atoms with Gasteiger partial charge < -0.3 is 10.4 Å². The molecule has 3 heterocycles. The van der Waals surface area contributed by atoms with E-state index in [1.807, 2.05) is 35.0 Å². The van der Waals surface area contributed by atoms with Crippen LogP contribution in [0.3, 0.4) is 0 Å². The highest BCUT2D eigenvalue weighted by Gasteiger charge is 2.56. The van der Waals surface area contributed by atoms with Crippen molar-refractivity contribution in [2.45, 2.75) is 31.2 Å². The van der Waals surface area contributed by atoms with E-state index in [-0.39, 0.29) is 34.5 Å². The van der Waals surface area contributed by atoms with Crippen LogP contribution in [-0.2, 0) is 6.42 Å². The molecular weight excluding hydrogens is 506 g/mol.